The Balaban J connectivity index is 2.23. The van der Waals surface area contributed by atoms with E-state index in [2.05, 4.69) is 0 Å². The number of carbonyl (C=O) groups excluding carboxylic acids is 1. The zero-order valence-corrected chi connectivity index (χ0v) is 7.91. The Morgan fingerprint density at radius 1 is 1.46 bits per heavy atom. The molecule has 76 valence electrons. The first kappa shape index (κ1) is 10.5. The highest BCUT2D eigenvalue weighted by Gasteiger charge is 2.20. The largest absolute Gasteiger partial charge is 0.393 e. The van der Waals surface area contributed by atoms with Crippen LogP contribution in [-0.2, 0) is 4.79 Å². The molecule has 13 heavy (non-hydrogen) atoms. The normalized spacial score (nSPS) is 19.1. The molecule has 0 atom stereocenters. The Bertz CT molecular complexity index is 165. The number of piperidine rings is 1. The fraction of sp³-hybridized carbons (Fsp3) is 0.889. The summed E-state index contributed by atoms with van der Waals surface area (Å²) in [5, 5.41) is 9.23. The van der Waals surface area contributed by atoms with Crippen molar-refractivity contribution in [2.75, 3.05) is 19.6 Å². The molecular weight excluding hydrogens is 168 g/mol. The maximum absolute atomic E-state index is 11.5. The van der Waals surface area contributed by atoms with Gasteiger partial charge >= 0.3 is 0 Å². The second kappa shape index (κ2) is 5.19. The van der Waals surface area contributed by atoms with E-state index in [9.17, 15) is 9.90 Å². The average molecular weight is 186 g/mol. The number of hydrogen-bond donors (Lipinski definition) is 2. The van der Waals surface area contributed by atoms with E-state index in [1.807, 2.05) is 4.90 Å². The number of amides is 1. The molecule has 1 aliphatic heterocycles. The maximum Gasteiger partial charge on any atom is 0.222 e. The molecule has 1 rings (SSSR count). The summed E-state index contributed by atoms with van der Waals surface area (Å²) in [5.41, 5.74) is 5.32. The molecular formula is C9H18N2O2. The molecule has 0 aromatic heterocycles. The van der Waals surface area contributed by atoms with Crippen LogP contribution < -0.4 is 5.73 Å². The van der Waals surface area contributed by atoms with E-state index in [0.717, 1.165) is 6.42 Å². The highest BCUT2D eigenvalue weighted by atomic mass is 16.3. The van der Waals surface area contributed by atoms with E-state index in [0.29, 0.717) is 38.9 Å². The minimum absolute atomic E-state index is 0.178. The van der Waals surface area contributed by atoms with E-state index < -0.39 is 0 Å². The Morgan fingerprint density at radius 2 is 2.08 bits per heavy atom. The van der Waals surface area contributed by atoms with Crippen molar-refractivity contribution in [2.24, 2.45) is 5.73 Å². The molecule has 0 aliphatic carbocycles. The van der Waals surface area contributed by atoms with Gasteiger partial charge in [0, 0.05) is 19.5 Å². The average Bonchev–Trinajstić information content (AvgIpc) is 2.15. The molecule has 1 fully saturated rings. The standard InChI is InChI=1S/C9H18N2O2/c10-5-1-2-9(13)11-6-3-8(12)4-7-11/h8,12H,1-7,10H2. The van der Waals surface area contributed by atoms with Crippen LogP contribution >= 0.6 is 0 Å². The molecule has 4 nitrogen and oxygen atoms in total. The van der Waals surface area contributed by atoms with Gasteiger partial charge in [-0.2, -0.15) is 0 Å². The molecule has 3 N–H and O–H groups in total. The van der Waals surface area contributed by atoms with Gasteiger partial charge in [-0.05, 0) is 25.8 Å². The van der Waals surface area contributed by atoms with Gasteiger partial charge in [-0.3, -0.25) is 4.79 Å². The predicted octanol–water partition coefficient (Wildman–Crippen LogP) is -0.291. The van der Waals surface area contributed by atoms with Crippen LogP contribution in [0.15, 0.2) is 0 Å². The summed E-state index contributed by atoms with van der Waals surface area (Å²) in [6.45, 7) is 1.97. The lowest BCUT2D eigenvalue weighted by molar-refractivity contribution is -0.133. The Labute approximate surface area is 78.7 Å². The molecule has 0 bridgehead atoms. The number of likely N-dealkylation sites (tertiary alicyclic amines) is 1. The fourth-order valence-corrected chi connectivity index (χ4v) is 1.53. The first-order valence-corrected chi connectivity index (χ1v) is 4.90. The molecule has 1 saturated heterocycles. The summed E-state index contributed by atoms with van der Waals surface area (Å²) in [7, 11) is 0. The van der Waals surface area contributed by atoms with Crippen LogP contribution in [0.5, 0.6) is 0 Å². The van der Waals surface area contributed by atoms with Crippen molar-refractivity contribution in [1.82, 2.24) is 4.90 Å². The van der Waals surface area contributed by atoms with E-state index >= 15 is 0 Å². The topological polar surface area (TPSA) is 66.6 Å². The maximum atomic E-state index is 11.5. The lowest BCUT2D eigenvalue weighted by Crippen LogP contribution is -2.40. The molecule has 0 aromatic rings. The zero-order valence-electron chi connectivity index (χ0n) is 7.91. The van der Waals surface area contributed by atoms with Crippen molar-refractivity contribution < 1.29 is 9.90 Å². The molecule has 0 radical (unpaired) electrons. The van der Waals surface area contributed by atoms with Gasteiger partial charge in [0.2, 0.25) is 5.91 Å². The van der Waals surface area contributed by atoms with Gasteiger partial charge in [-0.25, -0.2) is 0 Å². The number of nitrogens with two attached hydrogens (primary N) is 1. The third-order valence-electron chi connectivity index (χ3n) is 2.41. The van der Waals surface area contributed by atoms with Crippen molar-refractivity contribution in [3.8, 4) is 0 Å². The van der Waals surface area contributed by atoms with Crippen molar-refractivity contribution in [1.29, 1.82) is 0 Å². The summed E-state index contributed by atoms with van der Waals surface area (Å²) in [4.78, 5) is 13.3. The van der Waals surface area contributed by atoms with Gasteiger partial charge in [-0.15, -0.1) is 0 Å². The third kappa shape index (κ3) is 3.32. The fourth-order valence-electron chi connectivity index (χ4n) is 1.53. The first-order valence-electron chi connectivity index (χ1n) is 4.90. The van der Waals surface area contributed by atoms with Gasteiger partial charge in [0.1, 0.15) is 0 Å². The lowest BCUT2D eigenvalue weighted by atomic mass is 10.1. The van der Waals surface area contributed by atoms with Crippen LogP contribution in [0.25, 0.3) is 0 Å². The van der Waals surface area contributed by atoms with Crippen LogP contribution in [0.4, 0.5) is 0 Å². The van der Waals surface area contributed by atoms with E-state index in [-0.39, 0.29) is 12.0 Å². The van der Waals surface area contributed by atoms with Gasteiger partial charge in [0.15, 0.2) is 0 Å². The van der Waals surface area contributed by atoms with Crippen molar-refractivity contribution in [2.45, 2.75) is 31.8 Å². The van der Waals surface area contributed by atoms with E-state index in [1.165, 1.54) is 0 Å². The molecule has 0 aromatic carbocycles. The van der Waals surface area contributed by atoms with Crippen molar-refractivity contribution in [3.63, 3.8) is 0 Å². The molecule has 1 amide bonds. The second-order valence-electron chi connectivity index (χ2n) is 3.50. The molecule has 1 heterocycles. The number of nitrogens with zero attached hydrogens (tertiary/aromatic N) is 1. The highest BCUT2D eigenvalue weighted by molar-refractivity contribution is 5.76. The smallest absolute Gasteiger partial charge is 0.222 e. The summed E-state index contributed by atoms with van der Waals surface area (Å²) in [6, 6.07) is 0. The van der Waals surface area contributed by atoms with Crippen molar-refractivity contribution >= 4 is 5.91 Å². The highest BCUT2D eigenvalue weighted by Crippen LogP contribution is 2.11. The zero-order chi connectivity index (χ0) is 9.68. The molecule has 4 heteroatoms. The van der Waals surface area contributed by atoms with Crippen LogP contribution in [0.3, 0.4) is 0 Å². The van der Waals surface area contributed by atoms with Gasteiger partial charge in [0.05, 0.1) is 6.10 Å². The number of aliphatic hydroxyl groups is 1. The minimum atomic E-state index is -0.210. The van der Waals surface area contributed by atoms with Crippen LogP contribution in [0.2, 0.25) is 0 Å². The number of hydrogen-bond acceptors (Lipinski definition) is 3. The first-order chi connectivity index (χ1) is 6.24. The van der Waals surface area contributed by atoms with Gasteiger partial charge < -0.3 is 15.7 Å². The summed E-state index contributed by atoms with van der Waals surface area (Å²) in [5.74, 6) is 0.178. The quantitative estimate of drug-likeness (QED) is 0.636. The summed E-state index contributed by atoms with van der Waals surface area (Å²) in [6.07, 6.45) is 2.53. The van der Waals surface area contributed by atoms with Crippen LogP contribution in [0, 0.1) is 0 Å². The van der Waals surface area contributed by atoms with Gasteiger partial charge in [0.25, 0.3) is 0 Å². The van der Waals surface area contributed by atoms with Crippen molar-refractivity contribution in [3.05, 3.63) is 0 Å². The van der Waals surface area contributed by atoms with Crippen LogP contribution in [0.1, 0.15) is 25.7 Å². The van der Waals surface area contributed by atoms with E-state index in [4.69, 9.17) is 5.73 Å². The number of carbonyl (C=O) groups is 1. The Hall–Kier alpha value is -0.610. The second-order valence-corrected chi connectivity index (χ2v) is 3.50. The van der Waals surface area contributed by atoms with E-state index in [1.54, 1.807) is 0 Å². The predicted molar refractivity (Wildman–Crippen MR) is 50.1 cm³/mol. The Morgan fingerprint density at radius 3 is 2.62 bits per heavy atom. The molecule has 1 aliphatic rings. The monoisotopic (exact) mass is 186 g/mol. The summed E-state index contributed by atoms with van der Waals surface area (Å²) >= 11 is 0. The lowest BCUT2D eigenvalue weighted by Gasteiger charge is -2.29. The Kier molecular flexibility index (Phi) is 4.18. The molecule has 0 saturated carbocycles. The molecule has 0 spiro atoms. The number of aliphatic hydroxyl groups excluding tert-OH is 1. The summed E-state index contributed by atoms with van der Waals surface area (Å²) < 4.78 is 0. The SMILES string of the molecule is NCCCC(=O)N1CCC(O)CC1. The van der Waals surface area contributed by atoms with Gasteiger partial charge in [-0.1, -0.05) is 0 Å². The van der Waals surface area contributed by atoms with Crippen LogP contribution in [-0.4, -0.2) is 41.7 Å². The molecule has 0 unspecified atom stereocenters. The third-order valence-corrected chi connectivity index (χ3v) is 2.41. The number of rotatable bonds is 3. The minimum Gasteiger partial charge on any atom is -0.393 e.